The van der Waals surface area contributed by atoms with Crippen LogP contribution in [0.5, 0.6) is 0 Å². The van der Waals surface area contributed by atoms with Gasteiger partial charge in [-0.1, -0.05) is 13.0 Å². The zero-order chi connectivity index (χ0) is 14.0. The second-order valence-electron chi connectivity index (χ2n) is 4.74. The molecule has 0 spiro atoms. The number of halogens is 1. The molecule has 2 N–H and O–H groups in total. The van der Waals surface area contributed by atoms with Crippen LogP contribution in [0.25, 0.3) is 0 Å². The van der Waals surface area contributed by atoms with E-state index < -0.39 is 6.04 Å². The second-order valence-corrected chi connectivity index (χ2v) is 4.74. The van der Waals surface area contributed by atoms with Crippen molar-refractivity contribution < 1.29 is 9.18 Å². The average Bonchev–Trinajstić information content (AvgIpc) is 2.72. The summed E-state index contributed by atoms with van der Waals surface area (Å²) >= 11 is 0. The number of amides is 1. The van der Waals surface area contributed by atoms with Crippen LogP contribution < -0.4 is 5.32 Å². The van der Waals surface area contributed by atoms with Crippen LogP contribution >= 0.6 is 0 Å². The lowest BCUT2D eigenvalue weighted by Gasteiger charge is -2.25. The molecule has 19 heavy (non-hydrogen) atoms. The Bertz CT molecular complexity index is 515. The van der Waals surface area contributed by atoms with Crippen LogP contribution in [0.15, 0.2) is 18.2 Å². The van der Waals surface area contributed by atoms with Gasteiger partial charge in [-0.05, 0) is 31.0 Å². The van der Waals surface area contributed by atoms with Gasteiger partial charge in [-0.2, -0.15) is 0 Å². The third kappa shape index (κ3) is 2.59. The van der Waals surface area contributed by atoms with E-state index in [-0.39, 0.29) is 17.6 Å². The highest BCUT2D eigenvalue weighted by Gasteiger charge is 2.31. The highest BCUT2D eigenvalue weighted by molar-refractivity contribution is 6.02. The molecule has 1 amide bonds. The fraction of sp³-hybridized carbons (Fsp3) is 0.429. The first kappa shape index (κ1) is 13.5. The van der Waals surface area contributed by atoms with E-state index in [1.54, 1.807) is 17.9 Å². The lowest BCUT2D eigenvalue weighted by atomic mass is 10.1. The highest BCUT2D eigenvalue weighted by Crippen LogP contribution is 2.25. The van der Waals surface area contributed by atoms with Crippen LogP contribution in [0.4, 0.5) is 4.39 Å². The van der Waals surface area contributed by atoms with Crippen molar-refractivity contribution in [1.29, 1.82) is 5.41 Å². The molecule has 2 rings (SSSR count). The Hall–Kier alpha value is -1.91. The van der Waals surface area contributed by atoms with E-state index in [4.69, 9.17) is 5.41 Å². The fourth-order valence-corrected chi connectivity index (χ4v) is 2.19. The fourth-order valence-electron chi connectivity index (χ4n) is 2.19. The Morgan fingerprint density at radius 1 is 1.58 bits per heavy atom. The maximum absolute atomic E-state index is 13.2. The summed E-state index contributed by atoms with van der Waals surface area (Å²) in [7, 11) is 0. The van der Waals surface area contributed by atoms with Gasteiger partial charge in [-0.3, -0.25) is 10.2 Å². The first-order chi connectivity index (χ1) is 9.04. The van der Waals surface area contributed by atoms with Gasteiger partial charge < -0.3 is 10.2 Å². The van der Waals surface area contributed by atoms with Crippen molar-refractivity contribution in [3.05, 3.63) is 35.1 Å². The van der Waals surface area contributed by atoms with E-state index >= 15 is 0 Å². The van der Waals surface area contributed by atoms with E-state index in [9.17, 15) is 9.18 Å². The van der Waals surface area contributed by atoms with Crippen molar-refractivity contribution in [3.8, 4) is 0 Å². The zero-order valence-corrected chi connectivity index (χ0v) is 11.2. The van der Waals surface area contributed by atoms with Crippen molar-refractivity contribution in [2.75, 3.05) is 6.54 Å². The zero-order valence-electron chi connectivity index (χ0n) is 11.2. The van der Waals surface area contributed by atoms with Gasteiger partial charge in [0.05, 0.1) is 0 Å². The van der Waals surface area contributed by atoms with Crippen molar-refractivity contribution in [2.24, 2.45) is 0 Å². The van der Waals surface area contributed by atoms with Gasteiger partial charge in [0, 0.05) is 18.7 Å². The van der Waals surface area contributed by atoms with Crippen molar-refractivity contribution >= 4 is 11.7 Å². The molecule has 0 aromatic heterocycles. The number of fused-ring (bicyclic) bond motifs is 1. The lowest BCUT2D eigenvalue weighted by molar-refractivity contribution is -0.124. The standard InChI is InChI=1S/C14H18FN3O/c1-3-6-17-14(19)9(2)18-8-10-4-5-11(15)7-12(10)13(18)16/h4-5,7,9,16H,3,6,8H2,1-2H3,(H,17,19). The minimum absolute atomic E-state index is 0.0973. The minimum atomic E-state index is -0.422. The number of nitrogens with zero attached hydrogens (tertiary/aromatic N) is 1. The molecular formula is C14H18FN3O. The molecule has 4 nitrogen and oxygen atoms in total. The summed E-state index contributed by atoms with van der Waals surface area (Å²) in [4.78, 5) is 13.6. The van der Waals surface area contributed by atoms with Crippen LogP contribution in [-0.4, -0.2) is 29.2 Å². The Morgan fingerprint density at radius 3 is 3.00 bits per heavy atom. The molecule has 0 fully saturated rings. The van der Waals surface area contributed by atoms with Gasteiger partial charge in [0.25, 0.3) is 0 Å². The van der Waals surface area contributed by atoms with Crippen LogP contribution in [-0.2, 0) is 11.3 Å². The second kappa shape index (κ2) is 5.38. The summed E-state index contributed by atoms with van der Waals surface area (Å²) in [6, 6.07) is 4.00. The molecule has 1 aliphatic rings. The molecule has 0 radical (unpaired) electrons. The minimum Gasteiger partial charge on any atom is -0.354 e. The SMILES string of the molecule is CCCNC(=O)C(C)N1Cc2ccc(F)cc2C1=N. The number of carbonyl (C=O) groups is 1. The smallest absolute Gasteiger partial charge is 0.242 e. The molecule has 0 aliphatic carbocycles. The third-order valence-electron chi connectivity index (χ3n) is 3.35. The Labute approximate surface area is 112 Å². The van der Waals surface area contributed by atoms with Crippen LogP contribution in [0, 0.1) is 11.2 Å². The van der Waals surface area contributed by atoms with Crippen molar-refractivity contribution in [3.63, 3.8) is 0 Å². The van der Waals surface area contributed by atoms with E-state index in [1.807, 2.05) is 6.92 Å². The summed E-state index contributed by atoms with van der Waals surface area (Å²) in [5, 5.41) is 10.9. The number of rotatable bonds is 4. The summed E-state index contributed by atoms with van der Waals surface area (Å²) in [6.45, 7) is 4.87. The van der Waals surface area contributed by atoms with E-state index in [2.05, 4.69) is 5.32 Å². The maximum Gasteiger partial charge on any atom is 0.242 e. The first-order valence-electron chi connectivity index (χ1n) is 6.46. The topological polar surface area (TPSA) is 56.2 Å². The van der Waals surface area contributed by atoms with E-state index in [0.29, 0.717) is 18.7 Å². The van der Waals surface area contributed by atoms with Gasteiger partial charge >= 0.3 is 0 Å². The van der Waals surface area contributed by atoms with E-state index in [1.165, 1.54) is 12.1 Å². The normalized spacial score (nSPS) is 15.3. The van der Waals surface area contributed by atoms with Gasteiger partial charge in [0.1, 0.15) is 17.7 Å². The number of hydrogen-bond acceptors (Lipinski definition) is 2. The number of amidine groups is 1. The average molecular weight is 263 g/mol. The molecule has 5 heteroatoms. The molecule has 0 bridgehead atoms. The third-order valence-corrected chi connectivity index (χ3v) is 3.35. The Morgan fingerprint density at radius 2 is 2.32 bits per heavy atom. The number of nitrogens with one attached hydrogen (secondary N) is 2. The molecule has 1 heterocycles. The molecule has 1 unspecified atom stereocenters. The van der Waals surface area contributed by atoms with Crippen molar-refractivity contribution in [1.82, 2.24) is 10.2 Å². The summed E-state index contributed by atoms with van der Waals surface area (Å²) in [5.41, 5.74) is 1.47. The molecule has 0 saturated carbocycles. The lowest BCUT2D eigenvalue weighted by Crippen LogP contribution is -2.45. The highest BCUT2D eigenvalue weighted by atomic mass is 19.1. The van der Waals surface area contributed by atoms with Crippen LogP contribution in [0.2, 0.25) is 0 Å². The summed E-state index contributed by atoms with van der Waals surface area (Å²) < 4.78 is 13.2. The van der Waals surface area contributed by atoms with Gasteiger partial charge in [-0.25, -0.2) is 4.39 Å². The van der Waals surface area contributed by atoms with Gasteiger partial charge in [-0.15, -0.1) is 0 Å². The number of benzene rings is 1. The first-order valence-corrected chi connectivity index (χ1v) is 6.46. The maximum atomic E-state index is 13.2. The Kier molecular flexibility index (Phi) is 3.83. The summed E-state index contributed by atoms with van der Waals surface area (Å²) in [5.74, 6) is -0.234. The largest absolute Gasteiger partial charge is 0.354 e. The summed E-state index contributed by atoms with van der Waals surface area (Å²) in [6.07, 6.45) is 0.876. The molecule has 0 saturated heterocycles. The Balaban J connectivity index is 2.13. The van der Waals surface area contributed by atoms with Crippen LogP contribution in [0.3, 0.4) is 0 Å². The molecule has 102 valence electrons. The quantitative estimate of drug-likeness (QED) is 0.871. The van der Waals surface area contributed by atoms with E-state index in [0.717, 1.165) is 12.0 Å². The van der Waals surface area contributed by atoms with Gasteiger partial charge in [0.2, 0.25) is 5.91 Å². The molecule has 1 atom stereocenters. The monoisotopic (exact) mass is 263 g/mol. The van der Waals surface area contributed by atoms with Crippen molar-refractivity contribution in [2.45, 2.75) is 32.9 Å². The molecule has 1 aliphatic heterocycles. The number of hydrogen-bond donors (Lipinski definition) is 2. The molecular weight excluding hydrogens is 245 g/mol. The molecule has 1 aromatic carbocycles. The molecule has 1 aromatic rings. The number of carbonyl (C=O) groups excluding carboxylic acids is 1. The predicted octanol–water partition coefficient (Wildman–Crippen LogP) is 1.88. The van der Waals surface area contributed by atoms with Crippen LogP contribution in [0.1, 0.15) is 31.4 Å². The van der Waals surface area contributed by atoms with Gasteiger partial charge in [0.15, 0.2) is 0 Å². The predicted molar refractivity (Wildman–Crippen MR) is 71.5 cm³/mol.